The van der Waals surface area contributed by atoms with Gasteiger partial charge >= 0.3 is 6.09 Å². The molecule has 2 aliphatic heterocycles. The van der Waals surface area contributed by atoms with Gasteiger partial charge in [-0.05, 0) is 26.7 Å². The van der Waals surface area contributed by atoms with Crippen LogP contribution in [0.5, 0.6) is 0 Å². The molecular formula is C12H22N2O3S. The van der Waals surface area contributed by atoms with Gasteiger partial charge in [0.15, 0.2) is 0 Å². The molecule has 6 heteroatoms. The highest BCUT2D eigenvalue weighted by atomic mass is 32.2. The second-order valence-corrected chi connectivity index (χ2v) is 7.84. The predicted octanol–water partition coefficient (Wildman–Crippen LogP) is 0.574. The molecule has 2 heterocycles. The minimum atomic E-state index is -0.807. The number of rotatable bonds is 3. The van der Waals surface area contributed by atoms with Crippen LogP contribution in [0, 0.1) is 5.92 Å². The molecule has 2 aliphatic rings. The van der Waals surface area contributed by atoms with Crippen molar-refractivity contribution >= 4 is 16.9 Å². The standard InChI is InChI=1S/C12H22N2O3S/c1-12(2,3)17-11(15)14-6-10(7-14)18(16)8-9-4-13-5-9/h9-10,13H,4-8H2,1-3H3. The molecule has 5 nitrogen and oxygen atoms in total. The molecule has 1 N–H and O–H groups in total. The van der Waals surface area contributed by atoms with Crippen molar-refractivity contribution in [1.82, 2.24) is 10.2 Å². The summed E-state index contributed by atoms with van der Waals surface area (Å²) < 4.78 is 17.2. The highest BCUT2D eigenvalue weighted by molar-refractivity contribution is 7.85. The zero-order valence-corrected chi connectivity index (χ0v) is 12.1. The first-order valence-corrected chi connectivity index (χ1v) is 7.79. The molecule has 0 spiro atoms. The topological polar surface area (TPSA) is 58.6 Å². The first kappa shape index (κ1) is 13.8. The predicted molar refractivity (Wildman–Crippen MR) is 71.0 cm³/mol. The number of hydrogen-bond acceptors (Lipinski definition) is 4. The van der Waals surface area contributed by atoms with Crippen LogP contribution in [-0.4, -0.2) is 58.0 Å². The Morgan fingerprint density at radius 2 is 2.00 bits per heavy atom. The Bertz CT molecular complexity index is 344. The molecule has 2 rings (SSSR count). The van der Waals surface area contributed by atoms with Gasteiger partial charge in [0.1, 0.15) is 5.60 Å². The van der Waals surface area contributed by atoms with Crippen molar-refractivity contribution in [3.05, 3.63) is 0 Å². The molecule has 0 aromatic rings. The van der Waals surface area contributed by atoms with Gasteiger partial charge in [0, 0.05) is 42.7 Å². The maximum atomic E-state index is 12.0. The van der Waals surface area contributed by atoms with Gasteiger partial charge < -0.3 is 15.0 Å². The molecule has 104 valence electrons. The molecule has 0 radical (unpaired) electrons. The fourth-order valence-corrected chi connectivity index (χ4v) is 3.58. The van der Waals surface area contributed by atoms with E-state index in [1.54, 1.807) is 4.90 Å². The minimum absolute atomic E-state index is 0.137. The van der Waals surface area contributed by atoms with Gasteiger partial charge in [0.05, 0.1) is 5.25 Å². The fourth-order valence-electron chi connectivity index (χ4n) is 1.91. The minimum Gasteiger partial charge on any atom is -0.444 e. The molecule has 2 fully saturated rings. The van der Waals surface area contributed by atoms with E-state index < -0.39 is 16.4 Å². The summed E-state index contributed by atoms with van der Waals surface area (Å²) in [5, 5.41) is 3.31. The summed E-state index contributed by atoms with van der Waals surface area (Å²) >= 11 is 0. The molecule has 0 aromatic heterocycles. The highest BCUT2D eigenvalue weighted by Crippen LogP contribution is 2.20. The van der Waals surface area contributed by atoms with E-state index in [1.807, 2.05) is 20.8 Å². The number of nitrogens with one attached hydrogen (secondary N) is 1. The second kappa shape index (κ2) is 5.17. The number of nitrogens with zero attached hydrogens (tertiary/aromatic N) is 1. The second-order valence-electron chi connectivity index (χ2n) is 6.08. The van der Waals surface area contributed by atoms with Crippen LogP contribution < -0.4 is 5.32 Å². The van der Waals surface area contributed by atoms with Crippen molar-refractivity contribution in [3.8, 4) is 0 Å². The van der Waals surface area contributed by atoms with Gasteiger partial charge in [-0.2, -0.15) is 0 Å². The third-order valence-corrected chi connectivity index (χ3v) is 4.98. The number of hydrogen-bond donors (Lipinski definition) is 1. The highest BCUT2D eigenvalue weighted by Gasteiger charge is 2.38. The van der Waals surface area contributed by atoms with Gasteiger partial charge in [-0.3, -0.25) is 4.21 Å². The molecule has 1 atom stereocenters. The van der Waals surface area contributed by atoms with E-state index in [2.05, 4.69) is 5.32 Å². The van der Waals surface area contributed by atoms with Gasteiger partial charge in [0.25, 0.3) is 0 Å². The van der Waals surface area contributed by atoms with Gasteiger partial charge in [-0.1, -0.05) is 0 Å². The van der Waals surface area contributed by atoms with Crippen molar-refractivity contribution in [2.75, 3.05) is 31.9 Å². The van der Waals surface area contributed by atoms with Crippen LogP contribution in [0.4, 0.5) is 4.79 Å². The smallest absolute Gasteiger partial charge is 0.410 e. The van der Waals surface area contributed by atoms with Crippen LogP contribution in [-0.2, 0) is 15.5 Å². The summed E-state index contributed by atoms with van der Waals surface area (Å²) in [6.07, 6.45) is -0.291. The first-order valence-electron chi connectivity index (χ1n) is 6.41. The molecule has 18 heavy (non-hydrogen) atoms. The molecule has 2 saturated heterocycles. The summed E-state index contributed by atoms with van der Waals surface area (Å²) in [4.78, 5) is 13.3. The van der Waals surface area contributed by atoms with Crippen molar-refractivity contribution in [1.29, 1.82) is 0 Å². The Morgan fingerprint density at radius 3 is 2.44 bits per heavy atom. The quantitative estimate of drug-likeness (QED) is 0.817. The van der Waals surface area contributed by atoms with E-state index in [0.717, 1.165) is 18.8 Å². The van der Waals surface area contributed by atoms with E-state index in [1.165, 1.54) is 0 Å². The maximum Gasteiger partial charge on any atom is 0.410 e. The van der Waals surface area contributed by atoms with Gasteiger partial charge in [0.2, 0.25) is 0 Å². The lowest BCUT2D eigenvalue weighted by atomic mass is 10.1. The molecule has 1 unspecified atom stereocenters. The van der Waals surface area contributed by atoms with Crippen LogP contribution in [0.2, 0.25) is 0 Å². The SMILES string of the molecule is CC(C)(C)OC(=O)N1CC(S(=O)CC2CNC2)C1. The zero-order valence-electron chi connectivity index (χ0n) is 11.3. The Kier molecular flexibility index (Phi) is 3.96. The van der Waals surface area contributed by atoms with Crippen molar-refractivity contribution in [3.63, 3.8) is 0 Å². The number of carbonyl (C=O) groups excluding carboxylic acids is 1. The van der Waals surface area contributed by atoms with Crippen LogP contribution in [0.3, 0.4) is 0 Å². The molecule has 0 saturated carbocycles. The average Bonchev–Trinajstić information content (AvgIpc) is 2.05. The molecule has 0 aliphatic carbocycles. The van der Waals surface area contributed by atoms with E-state index in [-0.39, 0.29) is 11.3 Å². The number of amides is 1. The summed E-state index contributed by atoms with van der Waals surface area (Å²) in [6, 6.07) is 0. The van der Waals surface area contributed by atoms with E-state index >= 15 is 0 Å². The third-order valence-electron chi connectivity index (χ3n) is 3.14. The van der Waals surface area contributed by atoms with Gasteiger partial charge in [-0.15, -0.1) is 0 Å². The summed E-state index contributed by atoms with van der Waals surface area (Å²) in [5.74, 6) is 1.32. The van der Waals surface area contributed by atoms with Crippen molar-refractivity contribution in [2.45, 2.75) is 31.6 Å². The number of ether oxygens (including phenoxy) is 1. The average molecular weight is 274 g/mol. The molecular weight excluding hydrogens is 252 g/mol. The molecule has 1 amide bonds. The third kappa shape index (κ3) is 3.45. The number of carbonyl (C=O) groups is 1. The van der Waals surface area contributed by atoms with Crippen molar-refractivity contribution in [2.24, 2.45) is 5.92 Å². The zero-order chi connectivity index (χ0) is 13.3. The van der Waals surface area contributed by atoms with Crippen LogP contribution in [0.1, 0.15) is 20.8 Å². The van der Waals surface area contributed by atoms with Crippen LogP contribution >= 0.6 is 0 Å². The van der Waals surface area contributed by atoms with Gasteiger partial charge in [-0.25, -0.2) is 4.79 Å². The van der Waals surface area contributed by atoms with Crippen LogP contribution in [0.15, 0.2) is 0 Å². The van der Waals surface area contributed by atoms with E-state index in [4.69, 9.17) is 4.74 Å². The maximum absolute atomic E-state index is 12.0. The summed E-state index contributed by atoms with van der Waals surface area (Å²) in [6.45, 7) is 8.66. The Labute approximate surface area is 111 Å². The lowest BCUT2D eigenvalue weighted by Crippen LogP contribution is -2.58. The Morgan fingerprint density at radius 1 is 1.39 bits per heavy atom. The molecule has 0 bridgehead atoms. The summed E-state index contributed by atoms with van der Waals surface area (Å²) in [5.41, 5.74) is -0.459. The van der Waals surface area contributed by atoms with Crippen molar-refractivity contribution < 1.29 is 13.7 Å². The largest absolute Gasteiger partial charge is 0.444 e. The van der Waals surface area contributed by atoms with Crippen LogP contribution in [0.25, 0.3) is 0 Å². The monoisotopic (exact) mass is 274 g/mol. The normalized spacial score (nSPS) is 23.2. The first-order chi connectivity index (χ1) is 8.35. The molecule has 0 aromatic carbocycles. The Hall–Kier alpha value is -0.620. The lowest BCUT2D eigenvalue weighted by molar-refractivity contribution is 0.0141. The summed E-state index contributed by atoms with van der Waals surface area (Å²) in [7, 11) is -0.807. The Balaban J connectivity index is 1.69. The van der Waals surface area contributed by atoms with E-state index in [9.17, 15) is 9.00 Å². The lowest BCUT2D eigenvalue weighted by Gasteiger charge is -2.40. The van der Waals surface area contributed by atoms with E-state index in [0.29, 0.717) is 19.0 Å². The number of likely N-dealkylation sites (tertiary alicyclic amines) is 1. The fraction of sp³-hybridized carbons (Fsp3) is 0.917.